The maximum atomic E-state index is 13.8. The zero-order chi connectivity index (χ0) is 12.7. The van der Waals surface area contributed by atoms with Crippen LogP contribution in [0.5, 0.6) is 0 Å². The van der Waals surface area contributed by atoms with Crippen molar-refractivity contribution in [2.24, 2.45) is 0 Å². The van der Waals surface area contributed by atoms with E-state index in [2.05, 4.69) is 15.3 Å². The van der Waals surface area contributed by atoms with Gasteiger partial charge in [-0.3, -0.25) is 0 Å². The second kappa shape index (κ2) is 4.19. The van der Waals surface area contributed by atoms with Gasteiger partial charge in [-0.05, 0) is 30.3 Å². The molecule has 7 heteroatoms. The molecule has 0 radical (unpaired) electrons. The molecule has 2 aromatic heterocycles. The third-order valence-electron chi connectivity index (χ3n) is 2.40. The summed E-state index contributed by atoms with van der Waals surface area (Å²) >= 11 is 11.5. The summed E-state index contributed by atoms with van der Waals surface area (Å²) in [4.78, 5) is 0. The van der Waals surface area contributed by atoms with Crippen LogP contribution in [0.3, 0.4) is 0 Å². The number of hydrogen-bond donors (Lipinski definition) is 0. The average Bonchev–Trinajstić information content (AvgIpc) is 2.72. The molecule has 3 rings (SSSR count). The van der Waals surface area contributed by atoms with Gasteiger partial charge in [0.15, 0.2) is 11.5 Å². The van der Waals surface area contributed by atoms with Crippen LogP contribution in [0.1, 0.15) is 0 Å². The van der Waals surface area contributed by atoms with Gasteiger partial charge in [-0.25, -0.2) is 4.39 Å². The van der Waals surface area contributed by atoms with Gasteiger partial charge in [-0.15, -0.1) is 10.2 Å². The van der Waals surface area contributed by atoms with E-state index in [1.54, 1.807) is 18.2 Å². The Morgan fingerprint density at radius 3 is 2.67 bits per heavy atom. The van der Waals surface area contributed by atoms with Crippen LogP contribution >= 0.6 is 23.2 Å². The summed E-state index contributed by atoms with van der Waals surface area (Å²) in [5.41, 5.74) is 0.755. The van der Waals surface area contributed by atoms with Crippen molar-refractivity contribution in [1.82, 2.24) is 19.8 Å². The van der Waals surface area contributed by atoms with Gasteiger partial charge in [0, 0.05) is 5.02 Å². The zero-order valence-corrected chi connectivity index (χ0v) is 10.3. The van der Waals surface area contributed by atoms with E-state index in [9.17, 15) is 4.39 Å². The van der Waals surface area contributed by atoms with Gasteiger partial charge in [0.25, 0.3) is 0 Å². The molecule has 0 aliphatic rings. The fourth-order valence-corrected chi connectivity index (χ4v) is 1.90. The lowest BCUT2D eigenvalue weighted by molar-refractivity contribution is 0.629. The number of halogens is 3. The minimum atomic E-state index is -0.487. The summed E-state index contributed by atoms with van der Waals surface area (Å²) in [5.74, 6) is -0.208. The molecule has 0 aliphatic heterocycles. The molecule has 1 aromatic carbocycles. The van der Waals surface area contributed by atoms with Crippen molar-refractivity contribution in [3.63, 3.8) is 0 Å². The molecular weight excluding hydrogens is 278 g/mol. The Hall–Kier alpha value is -1.72. The monoisotopic (exact) mass is 282 g/mol. The Bertz CT molecular complexity index is 741. The zero-order valence-electron chi connectivity index (χ0n) is 8.81. The van der Waals surface area contributed by atoms with E-state index in [1.165, 1.54) is 16.6 Å². The topological polar surface area (TPSA) is 43.1 Å². The molecule has 0 saturated heterocycles. The maximum Gasteiger partial charge on any atom is 0.188 e. The molecule has 2 heterocycles. The third kappa shape index (κ3) is 1.81. The van der Waals surface area contributed by atoms with Crippen LogP contribution in [-0.2, 0) is 0 Å². The van der Waals surface area contributed by atoms with E-state index < -0.39 is 5.82 Å². The van der Waals surface area contributed by atoms with Crippen molar-refractivity contribution in [2.75, 3.05) is 0 Å². The number of nitrogens with zero attached hydrogens (tertiary/aromatic N) is 4. The van der Waals surface area contributed by atoms with Gasteiger partial charge in [0.1, 0.15) is 11.0 Å². The van der Waals surface area contributed by atoms with Gasteiger partial charge in [-0.2, -0.15) is 9.61 Å². The van der Waals surface area contributed by atoms with E-state index in [1.807, 2.05) is 0 Å². The highest BCUT2D eigenvalue weighted by Crippen LogP contribution is 2.24. The number of benzene rings is 1. The molecule has 0 saturated carbocycles. The minimum Gasteiger partial charge on any atom is -0.206 e. The maximum absolute atomic E-state index is 13.8. The van der Waals surface area contributed by atoms with Crippen LogP contribution in [0.25, 0.3) is 17.0 Å². The lowest BCUT2D eigenvalue weighted by Crippen LogP contribution is -1.96. The first-order valence-corrected chi connectivity index (χ1v) is 5.74. The summed E-state index contributed by atoms with van der Waals surface area (Å²) in [6, 6.07) is 7.55. The number of hydrogen-bond acceptors (Lipinski definition) is 3. The lowest BCUT2D eigenvalue weighted by Gasteiger charge is -2.01. The van der Waals surface area contributed by atoms with Crippen LogP contribution in [0, 0.1) is 5.82 Å². The molecular formula is C11H5Cl2FN4. The minimum absolute atomic E-state index is 0.265. The van der Waals surface area contributed by atoms with Crippen molar-refractivity contribution in [3.8, 4) is 11.4 Å². The van der Waals surface area contributed by atoms with Crippen molar-refractivity contribution < 1.29 is 4.39 Å². The first-order valence-electron chi connectivity index (χ1n) is 4.98. The third-order valence-corrected chi connectivity index (χ3v) is 2.84. The van der Waals surface area contributed by atoms with E-state index in [4.69, 9.17) is 23.2 Å². The second-order valence-electron chi connectivity index (χ2n) is 3.57. The van der Waals surface area contributed by atoms with Crippen LogP contribution < -0.4 is 0 Å². The fourth-order valence-electron chi connectivity index (χ4n) is 1.61. The molecule has 0 atom stereocenters. The van der Waals surface area contributed by atoms with Crippen LogP contribution in [0.4, 0.5) is 4.39 Å². The summed E-state index contributed by atoms with van der Waals surface area (Å²) in [6.45, 7) is 0. The van der Waals surface area contributed by atoms with E-state index in [0.29, 0.717) is 10.7 Å². The Morgan fingerprint density at radius 2 is 1.89 bits per heavy atom. The molecule has 90 valence electrons. The highest BCUT2D eigenvalue weighted by atomic mass is 35.5. The molecule has 0 spiro atoms. The van der Waals surface area contributed by atoms with Crippen molar-refractivity contribution >= 4 is 28.8 Å². The molecule has 0 bridgehead atoms. The van der Waals surface area contributed by atoms with Crippen molar-refractivity contribution in [2.45, 2.75) is 0 Å². The van der Waals surface area contributed by atoms with Crippen LogP contribution in [-0.4, -0.2) is 19.8 Å². The molecule has 18 heavy (non-hydrogen) atoms. The Kier molecular flexibility index (Phi) is 2.65. The molecule has 0 fully saturated rings. The van der Waals surface area contributed by atoms with Gasteiger partial charge in [0.2, 0.25) is 0 Å². The van der Waals surface area contributed by atoms with Gasteiger partial charge >= 0.3 is 0 Å². The van der Waals surface area contributed by atoms with Crippen LogP contribution in [0.2, 0.25) is 10.2 Å². The summed E-state index contributed by atoms with van der Waals surface area (Å²) < 4.78 is 15.2. The average molecular weight is 283 g/mol. The first kappa shape index (κ1) is 11.4. The standard InChI is InChI=1S/C11H5Cl2FN4/c12-6-1-2-7(8(14)5-6)11-16-15-10-4-3-9(13)17-18(10)11/h1-5H. The smallest absolute Gasteiger partial charge is 0.188 e. The largest absolute Gasteiger partial charge is 0.206 e. The van der Waals surface area contributed by atoms with E-state index in [0.717, 1.165) is 0 Å². The predicted molar refractivity (Wildman–Crippen MR) is 66.2 cm³/mol. The first-order chi connectivity index (χ1) is 8.65. The number of fused-ring (bicyclic) bond motifs is 1. The molecule has 0 aliphatic carbocycles. The fraction of sp³-hybridized carbons (Fsp3) is 0. The Labute approximate surface area is 111 Å². The predicted octanol–water partition coefficient (Wildman–Crippen LogP) is 3.24. The molecule has 3 aromatic rings. The van der Waals surface area contributed by atoms with E-state index in [-0.39, 0.29) is 16.5 Å². The highest BCUT2D eigenvalue weighted by Gasteiger charge is 2.14. The quantitative estimate of drug-likeness (QED) is 0.688. The Morgan fingerprint density at radius 1 is 1.06 bits per heavy atom. The summed E-state index contributed by atoms with van der Waals surface area (Å²) in [7, 11) is 0. The number of rotatable bonds is 1. The number of aromatic nitrogens is 4. The molecule has 0 amide bonds. The van der Waals surface area contributed by atoms with Gasteiger partial charge < -0.3 is 0 Å². The molecule has 0 N–H and O–H groups in total. The van der Waals surface area contributed by atoms with Crippen LogP contribution in [0.15, 0.2) is 30.3 Å². The molecule has 4 nitrogen and oxygen atoms in total. The summed E-state index contributed by atoms with van der Waals surface area (Å²) in [6.07, 6.45) is 0. The Balaban J connectivity index is 2.28. The van der Waals surface area contributed by atoms with Crippen molar-refractivity contribution in [3.05, 3.63) is 46.3 Å². The summed E-state index contributed by atoms with van der Waals surface area (Å²) in [5, 5.41) is 12.4. The molecule has 0 unspecified atom stereocenters. The second-order valence-corrected chi connectivity index (χ2v) is 4.40. The SMILES string of the molecule is Fc1cc(Cl)ccc1-c1nnc2ccc(Cl)nn12. The normalized spacial score (nSPS) is 11.1. The van der Waals surface area contributed by atoms with Gasteiger partial charge in [-0.1, -0.05) is 23.2 Å². The highest BCUT2D eigenvalue weighted by molar-refractivity contribution is 6.30. The van der Waals surface area contributed by atoms with Gasteiger partial charge in [0.05, 0.1) is 5.56 Å². The lowest BCUT2D eigenvalue weighted by atomic mass is 10.2. The van der Waals surface area contributed by atoms with Crippen molar-refractivity contribution in [1.29, 1.82) is 0 Å². The van der Waals surface area contributed by atoms with E-state index >= 15 is 0 Å².